The summed E-state index contributed by atoms with van der Waals surface area (Å²) in [4.78, 5) is 121. The summed E-state index contributed by atoms with van der Waals surface area (Å²) in [6.45, 7) is 10.9. The first-order valence-electron chi connectivity index (χ1n) is 24.0. The van der Waals surface area contributed by atoms with Gasteiger partial charge in [-0.2, -0.15) is 0 Å². The van der Waals surface area contributed by atoms with Gasteiger partial charge < -0.3 is 19.5 Å². The van der Waals surface area contributed by atoms with Crippen molar-refractivity contribution >= 4 is 67.5 Å². The molecule has 0 heterocycles. The smallest absolute Gasteiger partial charge is 0.489 e. The van der Waals surface area contributed by atoms with Gasteiger partial charge in [0.2, 0.25) is 5.91 Å². The van der Waals surface area contributed by atoms with Crippen molar-refractivity contribution in [2.75, 3.05) is 26.9 Å². The van der Waals surface area contributed by atoms with Gasteiger partial charge in [-0.1, -0.05) is 42.5 Å². The molecule has 5 N–H and O–H groups in total. The Labute approximate surface area is 423 Å². The Kier molecular flexibility index (Phi) is 28.7. The van der Waals surface area contributed by atoms with Crippen LogP contribution in [0.1, 0.15) is 117 Å². The van der Waals surface area contributed by atoms with Crippen molar-refractivity contribution in [1.29, 1.82) is 10.6 Å². The molecule has 0 fully saturated rings. The van der Waals surface area contributed by atoms with Crippen molar-refractivity contribution in [1.82, 2.24) is 16.0 Å². The van der Waals surface area contributed by atoms with Crippen LogP contribution >= 0.6 is 0 Å². The van der Waals surface area contributed by atoms with E-state index < -0.39 is 114 Å². The molecule has 0 aliphatic rings. The molecular formula is C50H71B2N5O15. The summed E-state index contributed by atoms with van der Waals surface area (Å²) < 4.78 is 31.0. The molecule has 3 amide bonds. The fourth-order valence-corrected chi connectivity index (χ4v) is 7.33. The third-order valence-corrected chi connectivity index (χ3v) is 10.8. The number of methoxy groups -OCH3 is 1. The maximum absolute atomic E-state index is 14.4. The molecule has 392 valence electrons. The number of ether oxygens (including phenoxy) is 4. The van der Waals surface area contributed by atoms with Crippen LogP contribution in [0.15, 0.2) is 54.6 Å². The number of amides is 3. The van der Waals surface area contributed by atoms with Crippen LogP contribution in [0.4, 0.5) is 0 Å². The first kappa shape index (κ1) is 61.8. The van der Waals surface area contributed by atoms with Gasteiger partial charge in [-0.15, -0.1) is 0 Å². The minimum atomic E-state index is -1.38. The molecule has 2 aromatic carbocycles. The second kappa shape index (κ2) is 33.4. The molecule has 0 aromatic heterocycles. The molecule has 2 rings (SSSR count). The first-order valence-corrected chi connectivity index (χ1v) is 24.0. The Hall–Kier alpha value is -6.28. The summed E-state index contributed by atoms with van der Waals surface area (Å²) in [6.07, 6.45) is -2.69. The van der Waals surface area contributed by atoms with Crippen molar-refractivity contribution in [3.8, 4) is 5.75 Å². The predicted octanol–water partition coefficient (Wildman–Crippen LogP) is 4.63. The topological polar surface area (TPSA) is 293 Å². The monoisotopic (exact) mass is 1000 g/mol. The van der Waals surface area contributed by atoms with E-state index in [1.807, 2.05) is 30.3 Å². The molecule has 0 aliphatic heterocycles. The summed E-state index contributed by atoms with van der Waals surface area (Å²) in [5.41, 5.74) is 0.680. The van der Waals surface area contributed by atoms with E-state index in [2.05, 4.69) is 25.3 Å². The Bertz CT molecular complexity index is 2120. The van der Waals surface area contributed by atoms with Gasteiger partial charge in [-0.25, -0.2) is 0 Å². The van der Waals surface area contributed by atoms with E-state index >= 15 is 0 Å². The third kappa shape index (κ3) is 26.2. The number of nitrogens with one attached hydrogen (secondary N) is 5. The zero-order valence-electron chi connectivity index (χ0n) is 42.5. The van der Waals surface area contributed by atoms with Gasteiger partial charge in [-0.05, 0) is 50.5 Å². The zero-order chi connectivity index (χ0) is 53.6. The number of Topliss-reactive ketones (excluding diaryl/α,β-unsaturated/α-hetero) is 3. The SMILES string of the molecule is COCCOCCCC(=O)[C@@H](CCC(=O)OB=N)NC(=O)[C@H](CCC(=O)OB=N)CC(=O)[C@@H](CC(C)C)NC(=O)[C@H](CC(=O)OC(C)(C)C)CC(=O)[C@H](Cc1ccc(OCc2ccccc2)cc1)NC(C)=O. The molecule has 20 nitrogen and oxygen atoms in total. The van der Waals surface area contributed by atoms with Crippen molar-refractivity contribution in [3.63, 3.8) is 0 Å². The summed E-state index contributed by atoms with van der Waals surface area (Å²) in [6, 6.07) is 12.9. The van der Waals surface area contributed by atoms with Crippen molar-refractivity contribution in [2.45, 2.75) is 143 Å². The molecule has 0 saturated heterocycles. The standard InChI is InChI=1S/C50H71B2N5O15/c1-32(2)26-40(43(60)28-36(17-21-45(62)71-51-53)48(65)56-39(20-22-46(63)72-52-54)42(59)14-11-23-68-25-24-67-7)57-49(66)37(30-47(64)70-50(4,5)6)29-44(61)41(55-33(3)58)27-34-15-18-38(19-16-34)69-31-35-12-9-8-10-13-35/h8-10,12-13,15-16,18-19,32,36-37,39-41,53-54H,11,14,17,20-31H2,1-7H3,(H,55,58)(H,56,65)(H,57,66)/t36-,37+,39-,40-,41+/m1/s1. The van der Waals surface area contributed by atoms with Crippen LogP contribution in [-0.4, -0.2) is 118 Å². The van der Waals surface area contributed by atoms with Crippen LogP contribution in [0.25, 0.3) is 0 Å². The average Bonchev–Trinajstić information content (AvgIpc) is 3.31. The molecule has 0 saturated carbocycles. The second-order valence-electron chi connectivity index (χ2n) is 18.6. The fraction of sp³-hybridized carbons (Fsp3) is 0.580. The molecule has 0 bridgehead atoms. The van der Waals surface area contributed by atoms with Crippen LogP contribution in [0, 0.1) is 28.4 Å². The third-order valence-electron chi connectivity index (χ3n) is 10.8. The number of esters is 1. The van der Waals surface area contributed by atoms with E-state index in [1.54, 1.807) is 58.9 Å². The van der Waals surface area contributed by atoms with Gasteiger partial charge in [-0.3, -0.25) is 14.4 Å². The molecule has 2 aromatic rings. The van der Waals surface area contributed by atoms with E-state index in [0.717, 1.165) is 5.56 Å². The van der Waals surface area contributed by atoms with Crippen LogP contribution in [0.5, 0.6) is 5.75 Å². The molecule has 0 unspecified atom stereocenters. The number of benzene rings is 2. The number of rotatable bonds is 36. The zero-order valence-corrected chi connectivity index (χ0v) is 42.5. The van der Waals surface area contributed by atoms with Crippen molar-refractivity contribution < 1.29 is 71.4 Å². The summed E-state index contributed by atoms with van der Waals surface area (Å²) in [5, 5.41) is 22.2. The number of hydrogen-bond acceptors (Lipinski definition) is 17. The van der Waals surface area contributed by atoms with E-state index in [1.165, 1.54) is 14.0 Å². The normalized spacial score (nSPS) is 13.1. The van der Waals surface area contributed by atoms with Gasteiger partial charge in [0, 0.05) is 14.0 Å². The van der Waals surface area contributed by atoms with Crippen LogP contribution in [0.3, 0.4) is 0 Å². The van der Waals surface area contributed by atoms with E-state index in [-0.39, 0.29) is 57.5 Å². The van der Waals surface area contributed by atoms with Crippen LogP contribution in [0.2, 0.25) is 0 Å². The van der Waals surface area contributed by atoms with Gasteiger partial charge in [0.15, 0.2) is 5.78 Å². The van der Waals surface area contributed by atoms with E-state index in [4.69, 9.17) is 29.6 Å². The molecular weight excluding hydrogens is 932 g/mol. The van der Waals surface area contributed by atoms with Gasteiger partial charge >= 0.3 is 248 Å². The Morgan fingerprint density at radius 2 is 1.21 bits per heavy atom. The van der Waals surface area contributed by atoms with Gasteiger partial charge in [0.05, 0.1) is 6.04 Å². The Morgan fingerprint density at radius 3 is 1.79 bits per heavy atom. The minimum Gasteiger partial charge on any atom is -0.489 e. The molecule has 22 heteroatoms. The van der Waals surface area contributed by atoms with Crippen molar-refractivity contribution in [3.05, 3.63) is 65.7 Å². The molecule has 0 aliphatic carbocycles. The minimum absolute atomic E-state index is 0.0348. The summed E-state index contributed by atoms with van der Waals surface area (Å²) in [7, 11) is 2.36. The molecule has 0 spiro atoms. The number of ketones is 3. The Balaban J connectivity index is 2.42. The number of carbonyl (C=O) groups is 9. The van der Waals surface area contributed by atoms with E-state index in [0.29, 0.717) is 45.7 Å². The molecule has 0 radical (unpaired) electrons. The maximum atomic E-state index is 14.4. The van der Waals surface area contributed by atoms with Gasteiger partial charge in [0.1, 0.15) is 18.0 Å². The second-order valence-corrected chi connectivity index (χ2v) is 18.6. The van der Waals surface area contributed by atoms with Crippen LogP contribution < -0.4 is 20.7 Å². The fourth-order valence-electron chi connectivity index (χ4n) is 7.33. The first-order chi connectivity index (χ1) is 34.1. The molecule has 72 heavy (non-hydrogen) atoms. The van der Waals surface area contributed by atoms with Crippen molar-refractivity contribution in [2.24, 2.45) is 17.8 Å². The quantitative estimate of drug-likeness (QED) is 0.0353. The molecule has 5 atom stereocenters. The van der Waals surface area contributed by atoms with Gasteiger partial charge in [0.25, 0.3) is 0 Å². The average molecular weight is 1000 g/mol. The predicted molar refractivity (Wildman–Crippen MR) is 263 cm³/mol. The van der Waals surface area contributed by atoms with E-state index in [9.17, 15) is 43.2 Å². The summed E-state index contributed by atoms with van der Waals surface area (Å²) in [5.74, 6) is -8.73. The number of carbonyl (C=O) groups excluding carboxylic acids is 9. The summed E-state index contributed by atoms with van der Waals surface area (Å²) >= 11 is 0. The number of hydrogen-bond donors (Lipinski definition) is 5. The van der Waals surface area contributed by atoms with Crippen LogP contribution in [-0.2, 0) is 79.7 Å². The Morgan fingerprint density at radius 1 is 0.625 bits per heavy atom.